The van der Waals surface area contributed by atoms with Crippen molar-refractivity contribution in [1.82, 2.24) is 0 Å². The van der Waals surface area contributed by atoms with Crippen LogP contribution in [0.4, 0.5) is 0 Å². The second kappa shape index (κ2) is 4.17. The van der Waals surface area contributed by atoms with Gasteiger partial charge in [-0.3, -0.25) is 0 Å². The van der Waals surface area contributed by atoms with Crippen LogP contribution < -0.4 is 4.74 Å². The highest BCUT2D eigenvalue weighted by Crippen LogP contribution is 2.41. The van der Waals surface area contributed by atoms with E-state index < -0.39 is 6.10 Å². The van der Waals surface area contributed by atoms with Gasteiger partial charge in [0, 0.05) is 17.5 Å². The Morgan fingerprint density at radius 3 is 3.00 bits per heavy atom. The summed E-state index contributed by atoms with van der Waals surface area (Å²) in [5, 5.41) is 14.3. The molecule has 2 unspecified atom stereocenters. The van der Waals surface area contributed by atoms with Crippen LogP contribution in [0.1, 0.15) is 35.3 Å². The van der Waals surface area contributed by atoms with E-state index in [0.29, 0.717) is 6.42 Å². The molecule has 1 N–H and O–H groups in total. The normalized spacial score (nSPS) is 22.9. The van der Waals surface area contributed by atoms with Gasteiger partial charge in [-0.25, -0.2) is 0 Å². The highest BCUT2D eigenvalue weighted by atomic mass is 32.1. The minimum atomic E-state index is -0.427. The van der Waals surface area contributed by atoms with E-state index in [9.17, 15) is 5.11 Å². The van der Waals surface area contributed by atoms with Crippen molar-refractivity contribution in [3.8, 4) is 5.75 Å². The van der Waals surface area contributed by atoms with Crippen LogP contribution >= 0.6 is 11.3 Å². The smallest absolute Gasteiger partial charge is 0.127 e. The van der Waals surface area contributed by atoms with E-state index in [1.165, 1.54) is 0 Å². The lowest BCUT2D eigenvalue weighted by Crippen LogP contribution is -2.18. The van der Waals surface area contributed by atoms with Crippen LogP contribution in [0.5, 0.6) is 5.75 Å². The fraction of sp³-hybridized carbons (Fsp3) is 0.286. The molecule has 1 aromatic carbocycles. The summed E-state index contributed by atoms with van der Waals surface area (Å²) in [7, 11) is 0. The van der Waals surface area contributed by atoms with Gasteiger partial charge in [0.1, 0.15) is 11.9 Å². The Labute approximate surface area is 104 Å². The number of aliphatic hydroxyl groups excluding tert-OH is 1. The molecule has 17 heavy (non-hydrogen) atoms. The van der Waals surface area contributed by atoms with Crippen LogP contribution in [0, 0.1) is 6.92 Å². The van der Waals surface area contributed by atoms with Crippen molar-refractivity contribution >= 4 is 11.3 Å². The number of fused-ring (bicyclic) bond motifs is 1. The Morgan fingerprint density at radius 1 is 1.35 bits per heavy atom. The zero-order valence-electron chi connectivity index (χ0n) is 9.59. The zero-order chi connectivity index (χ0) is 11.8. The van der Waals surface area contributed by atoms with Crippen molar-refractivity contribution in [2.75, 3.05) is 0 Å². The molecule has 1 aromatic heterocycles. The molecule has 1 aliphatic heterocycles. The lowest BCUT2D eigenvalue weighted by Gasteiger charge is -2.29. The quantitative estimate of drug-likeness (QED) is 0.832. The summed E-state index contributed by atoms with van der Waals surface area (Å²) in [5.74, 6) is 0.811. The van der Waals surface area contributed by atoms with Crippen molar-refractivity contribution < 1.29 is 9.84 Å². The molecule has 1 aliphatic rings. The summed E-state index contributed by atoms with van der Waals surface area (Å²) in [6, 6.07) is 8.03. The average molecular weight is 246 g/mol. The molecule has 88 valence electrons. The molecule has 0 aliphatic carbocycles. The Hall–Kier alpha value is -1.32. The van der Waals surface area contributed by atoms with Gasteiger partial charge in [-0.15, -0.1) is 0 Å². The second-order valence-electron chi connectivity index (χ2n) is 4.46. The van der Waals surface area contributed by atoms with Crippen LogP contribution in [-0.2, 0) is 0 Å². The molecule has 0 bridgehead atoms. The monoisotopic (exact) mass is 246 g/mol. The van der Waals surface area contributed by atoms with Gasteiger partial charge in [0.25, 0.3) is 0 Å². The molecule has 2 aromatic rings. The number of hydrogen-bond acceptors (Lipinski definition) is 3. The van der Waals surface area contributed by atoms with Crippen molar-refractivity contribution in [1.29, 1.82) is 0 Å². The van der Waals surface area contributed by atoms with Gasteiger partial charge in [-0.2, -0.15) is 11.3 Å². The maximum atomic E-state index is 10.2. The van der Waals surface area contributed by atoms with E-state index >= 15 is 0 Å². The van der Waals surface area contributed by atoms with Crippen molar-refractivity contribution in [2.45, 2.75) is 25.6 Å². The number of aliphatic hydroxyl groups is 1. The number of ether oxygens (including phenoxy) is 1. The summed E-state index contributed by atoms with van der Waals surface area (Å²) in [5.41, 5.74) is 3.22. The summed E-state index contributed by atoms with van der Waals surface area (Å²) in [4.78, 5) is 0. The van der Waals surface area contributed by atoms with Crippen LogP contribution in [-0.4, -0.2) is 5.11 Å². The zero-order valence-corrected chi connectivity index (χ0v) is 10.4. The molecular weight excluding hydrogens is 232 g/mol. The average Bonchev–Trinajstić information content (AvgIpc) is 2.83. The van der Waals surface area contributed by atoms with E-state index in [0.717, 1.165) is 22.4 Å². The Morgan fingerprint density at radius 2 is 2.24 bits per heavy atom. The van der Waals surface area contributed by atoms with Gasteiger partial charge in [0.15, 0.2) is 0 Å². The molecule has 0 saturated heterocycles. The predicted octanol–water partition coefficient (Wildman–Crippen LogP) is 3.61. The first kappa shape index (κ1) is 10.8. The number of benzene rings is 1. The topological polar surface area (TPSA) is 29.5 Å². The molecule has 3 rings (SSSR count). The molecule has 3 heteroatoms. The van der Waals surface area contributed by atoms with Crippen LogP contribution in [0.3, 0.4) is 0 Å². The largest absolute Gasteiger partial charge is 0.485 e. The van der Waals surface area contributed by atoms with Gasteiger partial charge >= 0.3 is 0 Å². The highest BCUT2D eigenvalue weighted by molar-refractivity contribution is 7.07. The first-order valence-corrected chi connectivity index (χ1v) is 6.65. The minimum Gasteiger partial charge on any atom is -0.485 e. The fourth-order valence-electron chi connectivity index (χ4n) is 2.23. The lowest BCUT2D eigenvalue weighted by atomic mass is 9.95. The van der Waals surface area contributed by atoms with E-state index in [2.05, 4.69) is 11.4 Å². The Balaban J connectivity index is 1.96. The van der Waals surface area contributed by atoms with Gasteiger partial charge in [0.2, 0.25) is 0 Å². The van der Waals surface area contributed by atoms with Crippen LogP contribution in [0.15, 0.2) is 35.0 Å². The molecule has 2 nitrogen and oxygen atoms in total. The predicted molar refractivity (Wildman–Crippen MR) is 68.4 cm³/mol. The summed E-state index contributed by atoms with van der Waals surface area (Å²) in [6.07, 6.45) is 0.183. The summed E-state index contributed by atoms with van der Waals surface area (Å²) < 4.78 is 5.95. The molecule has 0 fully saturated rings. The second-order valence-corrected chi connectivity index (χ2v) is 5.24. The fourth-order valence-corrected chi connectivity index (χ4v) is 2.93. The van der Waals surface area contributed by atoms with Gasteiger partial charge in [-0.1, -0.05) is 11.6 Å². The van der Waals surface area contributed by atoms with Crippen molar-refractivity contribution in [3.63, 3.8) is 0 Å². The lowest BCUT2D eigenvalue weighted by molar-refractivity contribution is 0.0659. The maximum absolute atomic E-state index is 10.2. The molecular formula is C14H14O2S. The first-order chi connectivity index (χ1) is 8.24. The SMILES string of the molecule is Cc1ccc2c(c1)C(O)CC(c1ccsc1)O2. The summed E-state index contributed by atoms with van der Waals surface area (Å²) >= 11 is 1.66. The van der Waals surface area contributed by atoms with Crippen molar-refractivity contribution in [2.24, 2.45) is 0 Å². The molecule has 0 amide bonds. The molecule has 0 spiro atoms. The molecule has 2 heterocycles. The molecule has 2 atom stereocenters. The van der Waals surface area contributed by atoms with Crippen LogP contribution in [0.25, 0.3) is 0 Å². The number of hydrogen-bond donors (Lipinski definition) is 1. The summed E-state index contributed by atoms with van der Waals surface area (Å²) in [6.45, 7) is 2.03. The maximum Gasteiger partial charge on any atom is 0.127 e. The van der Waals surface area contributed by atoms with E-state index in [1.807, 2.05) is 30.5 Å². The van der Waals surface area contributed by atoms with E-state index in [1.54, 1.807) is 11.3 Å². The van der Waals surface area contributed by atoms with E-state index in [-0.39, 0.29) is 6.10 Å². The standard InChI is InChI=1S/C14H14O2S/c1-9-2-3-13-11(6-9)12(15)7-14(16-13)10-4-5-17-8-10/h2-6,8,12,14-15H,7H2,1H3. The van der Waals surface area contributed by atoms with Gasteiger partial charge in [0.05, 0.1) is 6.10 Å². The Kier molecular flexibility index (Phi) is 2.65. The number of aryl methyl sites for hydroxylation is 1. The van der Waals surface area contributed by atoms with Crippen molar-refractivity contribution in [3.05, 3.63) is 51.7 Å². The third kappa shape index (κ3) is 1.96. The highest BCUT2D eigenvalue weighted by Gasteiger charge is 2.28. The van der Waals surface area contributed by atoms with Gasteiger partial charge in [-0.05, 0) is 35.9 Å². The third-order valence-corrected chi connectivity index (χ3v) is 3.85. The molecule has 0 saturated carbocycles. The van der Waals surface area contributed by atoms with Crippen LogP contribution in [0.2, 0.25) is 0 Å². The molecule has 0 radical (unpaired) electrons. The number of thiophene rings is 1. The third-order valence-electron chi connectivity index (χ3n) is 3.15. The van der Waals surface area contributed by atoms with E-state index in [4.69, 9.17) is 4.74 Å². The van der Waals surface area contributed by atoms with Gasteiger partial charge < -0.3 is 9.84 Å². The minimum absolute atomic E-state index is 0.0218. The first-order valence-electron chi connectivity index (χ1n) is 5.71. The Bertz CT molecular complexity index is 519. The number of rotatable bonds is 1.